The van der Waals surface area contributed by atoms with Crippen LogP contribution in [0.3, 0.4) is 0 Å². The van der Waals surface area contributed by atoms with E-state index in [0.29, 0.717) is 0 Å². The van der Waals surface area contributed by atoms with Crippen molar-refractivity contribution in [1.29, 1.82) is 0 Å². The highest BCUT2D eigenvalue weighted by Gasteiger charge is 2.94. The summed E-state index contributed by atoms with van der Waals surface area (Å²) in [4.78, 5) is 0. The van der Waals surface area contributed by atoms with Crippen LogP contribution in [-0.2, 0) is 0 Å². The van der Waals surface area contributed by atoms with E-state index in [1.807, 2.05) is 0 Å². The summed E-state index contributed by atoms with van der Waals surface area (Å²) in [6, 6.07) is -6.80. The average molecular weight is 463 g/mol. The molecule has 1 atom stereocenters. The third-order valence-corrected chi connectivity index (χ3v) is 3.31. The zero-order valence-electron chi connectivity index (χ0n) is 12.6. The summed E-state index contributed by atoms with van der Waals surface area (Å²) in [6.45, 7) is -0.655. The van der Waals surface area contributed by atoms with Gasteiger partial charge in [-0.3, -0.25) is 5.73 Å². The number of hydrogen-bond donors (Lipinski definition) is 1. The molecule has 0 heterocycles. The van der Waals surface area contributed by atoms with E-state index >= 15 is 0 Å². The molecular formula is C10H6F17N. The summed E-state index contributed by atoms with van der Waals surface area (Å²) in [5.74, 6) is -56.3. The molecule has 0 aromatic rings. The third-order valence-electron chi connectivity index (χ3n) is 3.31. The molecule has 0 radical (unpaired) electrons. The van der Waals surface area contributed by atoms with Gasteiger partial charge in [-0.05, 0) is 6.92 Å². The molecule has 28 heavy (non-hydrogen) atoms. The summed E-state index contributed by atoms with van der Waals surface area (Å²) in [6.07, 6.45) is -4.48. The minimum Gasteiger partial charge on any atom is -0.267 e. The van der Waals surface area contributed by atoms with Crippen LogP contribution >= 0.6 is 0 Å². The number of nitrogens with two attached hydrogens (primary N) is 1. The van der Waals surface area contributed by atoms with E-state index in [0.717, 1.165) is 0 Å². The highest BCUT2D eigenvalue weighted by atomic mass is 19.4. The van der Waals surface area contributed by atoms with E-state index in [9.17, 15) is 74.6 Å². The molecule has 0 amide bonds. The highest BCUT2D eigenvalue weighted by molar-refractivity contribution is 5.15. The van der Waals surface area contributed by atoms with Gasteiger partial charge in [0.25, 0.3) is 0 Å². The van der Waals surface area contributed by atoms with Crippen LogP contribution in [0.5, 0.6) is 0 Å². The maximum absolute atomic E-state index is 13.1. The Morgan fingerprint density at radius 3 is 0.893 bits per heavy atom. The second-order valence-corrected chi connectivity index (χ2v) is 5.31. The SMILES string of the molecule is CC(F)C(F)(F)C(F)(F)C(F)(F)C(F)(F)C(F)(F)C(F)(F)C(F)(F)C(N)(F)F. The Hall–Kier alpha value is -1.23. The van der Waals surface area contributed by atoms with Crippen LogP contribution in [0.2, 0.25) is 0 Å². The lowest BCUT2D eigenvalue weighted by atomic mass is 9.88. The molecule has 0 aliphatic carbocycles. The van der Waals surface area contributed by atoms with Crippen LogP contribution in [0.15, 0.2) is 0 Å². The van der Waals surface area contributed by atoms with Crippen molar-refractivity contribution in [3.05, 3.63) is 0 Å². The van der Waals surface area contributed by atoms with Crippen molar-refractivity contribution < 1.29 is 74.6 Å². The average Bonchev–Trinajstić information content (AvgIpc) is 2.44. The molecule has 0 aromatic carbocycles. The van der Waals surface area contributed by atoms with E-state index in [1.54, 1.807) is 0 Å². The lowest BCUT2D eigenvalue weighted by Crippen LogP contribution is -2.76. The van der Waals surface area contributed by atoms with Gasteiger partial charge in [0, 0.05) is 0 Å². The van der Waals surface area contributed by atoms with Gasteiger partial charge < -0.3 is 0 Å². The zero-order valence-corrected chi connectivity index (χ0v) is 12.6. The number of halogens is 17. The smallest absolute Gasteiger partial charge is 0.267 e. The quantitative estimate of drug-likeness (QED) is 0.382. The predicted molar refractivity (Wildman–Crippen MR) is 54.3 cm³/mol. The third kappa shape index (κ3) is 3.05. The van der Waals surface area contributed by atoms with E-state index in [1.165, 1.54) is 0 Å². The van der Waals surface area contributed by atoms with Crippen LogP contribution in [-0.4, -0.2) is 53.7 Å². The van der Waals surface area contributed by atoms with Crippen molar-refractivity contribution in [3.63, 3.8) is 0 Å². The molecule has 0 fully saturated rings. The fraction of sp³-hybridized carbons (Fsp3) is 1.00. The molecule has 18 heteroatoms. The Balaban J connectivity index is 6.72. The first kappa shape index (κ1) is 26.8. The maximum Gasteiger partial charge on any atom is 0.392 e. The fourth-order valence-corrected chi connectivity index (χ4v) is 1.46. The molecule has 1 unspecified atom stereocenters. The van der Waals surface area contributed by atoms with E-state index in [-0.39, 0.29) is 0 Å². The largest absolute Gasteiger partial charge is 0.392 e. The molecular weight excluding hydrogens is 457 g/mol. The first-order valence-corrected chi connectivity index (χ1v) is 6.15. The van der Waals surface area contributed by atoms with Crippen LogP contribution < -0.4 is 5.73 Å². The van der Waals surface area contributed by atoms with Crippen molar-refractivity contribution >= 4 is 0 Å². The van der Waals surface area contributed by atoms with Gasteiger partial charge >= 0.3 is 47.5 Å². The van der Waals surface area contributed by atoms with Crippen LogP contribution in [0.25, 0.3) is 0 Å². The van der Waals surface area contributed by atoms with E-state index in [2.05, 4.69) is 5.73 Å². The molecule has 0 aliphatic heterocycles. The van der Waals surface area contributed by atoms with Crippen LogP contribution in [0, 0.1) is 0 Å². The summed E-state index contributed by atoms with van der Waals surface area (Å²) in [5.41, 5.74) is 3.10. The second kappa shape index (κ2) is 6.38. The molecule has 0 rings (SSSR count). The summed E-state index contributed by atoms with van der Waals surface area (Å²) < 4.78 is 219. The first-order chi connectivity index (χ1) is 11.7. The molecule has 0 saturated carbocycles. The normalized spacial score (nSPS) is 17.7. The van der Waals surface area contributed by atoms with Crippen molar-refractivity contribution in [2.45, 2.75) is 60.6 Å². The van der Waals surface area contributed by atoms with Gasteiger partial charge in [-0.2, -0.15) is 70.2 Å². The fourth-order valence-electron chi connectivity index (χ4n) is 1.46. The Bertz CT molecular complexity index is 571. The maximum atomic E-state index is 13.1. The van der Waals surface area contributed by atoms with Gasteiger partial charge in [0.1, 0.15) is 0 Å². The predicted octanol–water partition coefficient (Wildman–Crippen LogP) is 5.34. The Morgan fingerprint density at radius 1 is 0.464 bits per heavy atom. The monoisotopic (exact) mass is 463 g/mol. The Morgan fingerprint density at radius 2 is 0.679 bits per heavy atom. The standard InChI is InChI=1S/C10H6F17N/c1-2(11)3(12,13)4(14,15)5(16,17)6(18,19)7(20,21)8(22,23)9(24,25)10(26,27)28/h2H,28H2,1H3. The van der Waals surface area contributed by atoms with E-state index < -0.39 is 60.6 Å². The summed E-state index contributed by atoms with van der Waals surface area (Å²) >= 11 is 0. The van der Waals surface area contributed by atoms with Gasteiger partial charge in [0.05, 0.1) is 0 Å². The minimum absolute atomic E-state index is 0.655. The first-order valence-electron chi connectivity index (χ1n) is 6.15. The zero-order chi connectivity index (χ0) is 23.6. The Kier molecular flexibility index (Phi) is 6.10. The van der Waals surface area contributed by atoms with Gasteiger partial charge in [0.15, 0.2) is 6.17 Å². The second-order valence-electron chi connectivity index (χ2n) is 5.31. The number of hydrogen-bond acceptors (Lipinski definition) is 1. The lowest BCUT2D eigenvalue weighted by Gasteiger charge is -2.43. The van der Waals surface area contributed by atoms with Crippen LogP contribution in [0.4, 0.5) is 74.6 Å². The molecule has 170 valence electrons. The van der Waals surface area contributed by atoms with Gasteiger partial charge in [0.2, 0.25) is 0 Å². The highest BCUT2D eigenvalue weighted by Crippen LogP contribution is 2.63. The number of rotatable bonds is 8. The van der Waals surface area contributed by atoms with Crippen molar-refractivity contribution in [3.8, 4) is 0 Å². The minimum atomic E-state index is -8.56. The van der Waals surface area contributed by atoms with Crippen LogP contribution in [0.1, 0.15) is 6.92 Å². The van der Waals surface area contributed by atoms with Crippen molar-refractivity contribution in [2.75, 3.05) is 0 Å². The molecule has 0 bridgehead atoms. The van der Waals surface area contributed by atoms with Crippen molar-refractivity contribution in [1.82, 2.24) is 0 Å². The summed E-state index contributed by atoms with van der Waals surface area (Å²) in [7, 11) is 0. The molecule has 0 saturated heterocycles. The van der Waals surface area contributed by atoms with Crippen molar-refractivity contribution in [2.24, 2.45) is 5.73 Å². The Labute approximate surface area is 142 Å². The molecule has 2 N–H and O–H groups in total. The van der Waals surface area contributed by atoms with E-state index in [4.69, 9.17) is 0 Å². The van der Waals surface area contributed by atoms with Gasteiger partial charge in [-0.25, -0.2) is 4.39 Å². The molecule has 0 aliphatic rings. The number of alkyl halides is 17. The van der Waals surface area contributed by atoms with Gasteiger partial charge in [-0.15, -0.1) is 0 Å². The molecule has 0 spiro atoms. The topological polar surface area (TPSA) is 26.0 Å². The molecule has 0 aromatic heterocycles. The van der Waals surface area contributed by atoms with Gasteiger partial charge in [-0.1, -0.05) is 0 Å². The molecule has 1 nitrogen and oxygen atoms in total. The summed E-state index contributed by atoms with van der Waals surface area (Å²) in [5, 5.41) is 0. The lowest BCUT2D eigenvalue weighted by molar-refractivity contribution is -0.454.